The average Bonchev–Trinajstić information content (AvgIpc) is 3.16. The van der Waals surface area contributed by atoms with Crippen LogP contribution in [-0.4, -0.2) is 9.55 Å². The molecule has 1 atom stereocenters. The predicted molar refractivity (Wildman–Crippen MR) is 106 cm³/mol. The number of halogens is 1. The van der Waals surface area contributed by atoms with Gasteiger partial charge in [-0.3, -0.25) is 0 Å². The second kappa shape index (κ2) is 7.34. The molecule has 0 bridgehead atoms. The van der Waals surface area contributed by atoms with Crippen LogP contribution in [0.4, 0.5) is 0 Å². The van der Waals surface area contributed by atoms with Crippen molar-refractivity contribution in [3.63, 3.8) is 0 Å². The lowest BCUT2D eigenvalue weighted by Crippen LogP contribution is -2.05. The maximum absolute atomic E-state index is 6.42. The molecule has 0 aliphatic carbocycles. The van der Waals surface area contributed by atoms with E-state index in [1.165, 1.54) is 16.3 Å². The van der Waals surface area contributed by atoms with Crippen molar-refractivity contribution in [1.82, 2.24) is 9.55 Å². The molecule has 0 radical (unpaired) electrons. The minimum absolute atomic E-state index is 0.236. The molecular weight excluding hydrogens is 348 g/mol. The molecule has 0 saturated heterocycles. The van der Waals surface area contributed by atoms with Crippen LogP contribution < -0.4 is 0 Å². The summed E-state index contributed by atoms with van der Waals surface area (Å²) in [6.45, 7) is 0.837. The van der Waals surface area contributed by atoms with E-state index >= 15 is 0 Å². The highest BCUT2D eigenvalue weighted by molar-refractivity contribution is 7.99. The van der Waals surface area contributed by atoms with Crippen molar-refractivity contribution in [2.75, 3.05) is 0 Å². The van der Waals surface area contributed by atoms with Gasteiger partial charge in [-0.1, -0.05) is 66.2 Å². The van der Waals surface area contributed by atoms with E-state index in [1.54, 1.807) is 11.8 Å². The molecular formula is C21H17ClN2S. The fraction of sp³-hybridized carbons (Fsp3) is 0.0952. The van der Waals surface area contributed by atoms with Crippen molar-refractivity contribution in [2.24, 2.45) is 0 Å². The number of fused-ring (bicyclic) bond motifs is 1. The summed E-state index contributed by atoms with van der Waals surface area (Å²) in [5, 5.41) is 3.58. The van der Waals surface area contributed by atoms with Crippen LogP contribution in [0.1, 0.15) is 10.8 Å². The fourth-order valence-corrected chi connectivity index (χ4v) is 4.50. The maximum Gasteiger partial charge on any atom is 0.0946 e. The summed E-state index contributed by atoms with van der Waals surface area (Å²) < 4.78 is 2.12. The van der Waals surface area contributed by atoms with Crippen LogP contribution in [0.15, 0.2) is 90.3 Å². The molecule has 0 amide bonds. The number of benzene rings is 3. The molecule has 3 aromatic carbocycles. The first-order valence-electron chi connectivity index (χ1n) is 8.16. The summed E-state index contributed by atoms with van der Waals surface area (Å²) in [4.78, 5) is 5.28. The van der Waals surface area contributed by atoms with Crippen LogP contribution in [0.3, 0.4) is 0 Å². The van der Waals surface area contributed by atoms with Gasteiger partial charge in [-0.05, 0) is 28.5 Å². The van der Waals surface area contributed by atoms with Crippen LogP contribution >= 0.6 is 23.4 Å². The number of aromatic nitrogens is 2. The molecule has 0 spiro atoms. The quantitative estimate of drug-likeness (QED) is 0.391. The zero-order valence-corrected chi connectivity index (χ0v) is 15.1. The Balaban J connectivity index is 1.78. The molecule has 0 aliphatic heterocycles. The SMILES string of the molecule is Clc1ccccc1SC(Cn1ccnc1)c1cccc2ccccc12. The first-order valence-corrected chi connectivity index (χ1v) is 9.41. The summed E-state index contributed by atoms with van der Waals surface area (Å²) in [6.07, 6.45) is 5.69. The van der Waals surface area contributed by atoms with Gasteiger partial charge < -0.3 is 4.57 Å². The van der Waals surface area contributed by atoms with E-state index in [9.17, 15) is 0 Å². The molecule has 4 heteroatoms. The standard InChI is InChI=1S/C21H17ClN2S/c22-19-10-3-4-11-20(19)25-21(14-24-13-12-23-15-24)18-9-5-7-16-6-1-2-8-17(16)18/h1-13,15,21H,14H2. The molecule has 0 saturated carbocycles. The second-order valence-corrected chi connectivity index (χ2v) is 7.52. The highest BCUT2D eigenvalue weighted by atomic mass is 35.5. The van der Waals surface area contributed by atoms with E-state index in [0.29, 0.717) is 0 Å². The Kier molecular flexibility index (Phi) is 4.77. The lowest BCUT2D eigenvalue weighted by molar-refractivity contribution is 0.686. The number of nitrogens with zero attached hydrogens (tertiary/aromatic N) is 2. The average molecular weight is 365 g/mol. The van der Waals surface area contributed by atoms with E-state index in [4.69, 9.17) is 11.6 Å². The third kappa shape index (κ3) is 3.58. The van der Waals surface area contributed by atoms with E-state index in [1.807, 2.05) is 36.9 Å². The van der Waals surface area contributed by atoms with Crippen LogP contribution in [0.25, 0.3) is 10.8 Å². The van der Waals surface area contributed by atoms with Gasteiger partial charge in [0.2, 0.25) is 0 Å². The van der Waals surface area contributed by atoms with Crippen LogP contribution in [-0.2, 0) is 6.54 Å². The van der Waals surface area contributed by atoms with Crippen molar-refractivity contribution in [3.8, 4) is 0 Å². The fourth-order valence-electron chi connectivity index (χ4n) is 3.01. The first kappa shape index (κ1) is 16.2. The molecule has 1 heterocycles. The van der Waals surface area contributed by atoms with Gasteiger partial charge in [0.25, 0.3) is 0 Å². The minimum atomic E-state index is 0.236. The third-order valence-electron chi connectivity index (χ3n) is 4.21. The van der Waals surface area contributed by atoms with Gasteiger partial charge in [-0.15, -0.1) is 11.8 Å². The van der Waals surface area contributed by atoms with Gasteiger partial charge in [-0.2, -0.15) is 0 Å². The molecule has 4 aromatic rings. The van der Waals surface area contributed by atoms with E-state index in [0.717, 1.165) is 16.5 Å². The Hall–Kier alpha value is -2.23. The van der Waals surface area contributed by atoms with Crippen LogP contribution in [0.2, 0.25) is 5.02 Å². The molecule has 1 aromatic heterocycles. The Labute approximate surface area is 156 Å². The topological polar surface area (TPSA) is 17.8 Å². The number of hydrogen-bond donors (Lipinski definition) is 0. The monoisotopic (exact) mass is 364 g/mol. The van der Waals surface area contributed by atoms with Crippen molar-refractivity contribution in [2.45, 2.75) is 16.7 Å². The van der Waals surface area contributed by atoms with Crippen molar-refractivity contribution in [3.05, 3.63) is 96.0 Å². The molecule has 25 heavy (non-hydrogen) atoms. The Bertz CT molecular complexity index is 977. The van der Waals surface area contributed by atoms with Crippen LogP contribution in [0, 0.1) is 0 Å². The highest BCUT2D eigenvalue weighted by Gasteiger charge is 2.18. The molecule has 124 valence electrons. The molecule has 1 unspecified atom stereocenters. The van der Waals surface area contributed by atoms with Gasteiger partial charge in [0.1, 0.15) is 0 Å². The molecule has 4 rings (SSSR count). The smallest absolute Gasteiger partial charge is 0.0946 e. The predicted octanol–water partition coefficient (Wildman–Crippen LogP) is 6.22. The summed E-state index contributed by atoms with van der Waals surface area (Å²) in [7, 11) is 0. The Morgan fingerprint density at radius 3 is 2.60 bits per heavy atom. The van der Waals surface area contributed by atoms with Crippen molar-refractivity contribution in [1.29, 1.82) is 0 Å². The van der Waals surface area contributed by atoms with Crippen molar-refractivity contribution < 1.29 is 0 Å². The van der Waals surface area contributed by atoms with Gasteiger partial charge in [-0.25, -0.2) is 4.98 Å². The number of hydrogen-bond acceptors (Lipinski definition) is 2. The molecule has 0 aliphatic rings. The normalized spacial score (nSPS) is 12.4. The highest BCUT2D eigenvalue weighted by Crippen LogP contribution is 2.41. The largest absolute Gasteiger partial charge is 0.336 e. The van der Waals surface area contributed by atoms with Gasteiger partial charge in [0.15, 0.2) is 0 Å². The number of rotatable bonds is 5. The van der Waals surface area contributed by atoms with Crippen LogP contribution in [0.5, 0.6) is 0 Å². The Morgan fingerprint density at radius 1 is 0.960 bits per heavy atom. The maximum atomic E-state index is 6.42. The summed E-state index contributed by atoms with van der Waals surface area (Å²) in [5.74, 6) is 0. The van der Waals surface area contributed by atoms with Crippen molar-refractivity contribution >= 4 is 34.1 Å². The van der Waals surface area contributed by atoms with E-state index < -0.39 is 0 Å². The summed E-state index contributed by atoms with van der Waals surface area (Å²) in [6, 6.07) is 23.1. The van der Waals surface area contributed by atoms with Gasteiger partial charge >= 0.3 is 0 Å². The zero-order chi connectivity index (χ0) is 17.1. The minimum Gasteiger partial charge on any atom is -0.336 e. The number of imidazole rings is 1. The van der Waals surface area contributed by atoms with Gasteiger partial charge in [0.05, 0.1) is 16.6 Å². The zero-order valence-electron chi connectivity index (χ0n) is 13.5. The Morgan fingerprint density at radius 2 is 1.76 bits per heavy atom. The van der Waals surface area contributed by atoms with E-state index in [2.05, 4.69) is 58.1 Å². The lowest BCUT2D eigenvalue weighted by Gasteiger charge is -2.20. The second-order valence-electron chi connectivity index (χ2n) is 5.86. The molecule has 2 nitrogen and oxygen atoms in total. The first-order chi connectivity index (χ1) is 12.3. The third-order valence-corrected chi connectivity index (χ3v) is 5.95. The van der Waals surface area contributed by atoms with Gasteiger partial charge in [0, 0.05) is 23.8 Å². The summed E-state index contributed by atoms with van der Waals surface area (Å²) >= 11 is 8.22. The van der Waals surface area contributed by atoms with E-state index in [-0.39, 0.29) is 5.25 Å². The summed E-state index contributed by atoms with van der Waals surface area (Å²) in [5.41, 5.74) is 1.32. The number of thioether (sulfide) groups is 1. The molecule has 0 N–H and O–H groups in total. The lowest BCUT2D eigenvalue weighted by atomic mass is 10.0. The molecule has 0 fully saturated rings.